The van der Waals surface area contributed by atoms with E-state index in [4.69, 9.17) is 9.47 Å². The normalized spacial score (nSPS) is 30.0. The monoisotopic (exact) mass is 729 g/mol. The molecule has 1 aliphatic carbocycles. The highest BCUT2D eigenvalue weighted by molar-refractivity contribution is 7.65. The fourth-order valence-corrected chi connectivity index (χ4v) is 9.33. The molecular formula is C28H32N2O15P3-3. The fourth-order valence-electron chi connectivity index (χ4n) is 5.88. The predicted molar refractivity (Wildman–Crippen MR) is 159 cm³/mol. The predicted octanol–water partition coefficient (Wildman–Crippen LogP) is 1.94. The van der Waals surface area contributed by atoms with Gasteiger partial charge in [-0.15, -0.1) is 0 Å². The van der Waals surface area contributed by atoms with Gasteiger partial charge in [-0.1, -0.05) is 55.7 Å². The zero-order valence-corrected chi connectivity index (χ0v) is 27.8. The summed E-state index contributed by atoms with van der Waals surface area (Å²) in [4.78, 5) is 50.2. The van der Waals surface area contributed by atoms with E-state index in [9.17, 15) is 43.4 Å². The SMILES string of the molecule is O=C1NC2OC(c3ccc4ccccc4c3)=CC2=CN1[C@@H]1O[C@H](COP(=O)([O-])OP(=O)([O-])OP(=O)([O-])OCC2CCCCC2)C(O)[C@@H]1O. The minimum atomic E-state index is -6.08. The molecule has 6 rings (SSSR count). The molecule has 17 nitrogen and oxygen atoms in total. The zero-order valence-electron chi connectivity index (χ0n) is 25.1. The number of hydrogen-bond acceptors (Lipinski definition) is 15. The number of rotatable bonds is 12. The van der Waals surface area contributed by atoms with Crippen LogP contribution in [0.2, 0.25) is 0 Å². The number of nitrogens with one attached hydrogen (secondary N) is 1. The first-order valence-corrected chi connectivity index (χ1v) is 19.4. The van der Waals surface area contributed by atoms with Gasteiger partial charge in [0.1, 0.15) is 24.1 Å². The maximum absolute atomic E-state index is 12.9. The van der Waals surface area contributed by atoms with E-state index in [2.05, 4.69) is 23.0 Å². The number of hydrogen-bond donors (Lipinski definition) is 3. The van der Waals surface area contributed by atoms with Crippen LogP contribution in [0.25, 0.3) is 16.5 Å². The van der Waals surface area contributed by atoms with Crippen LogP contribution in [0.5, 0.6) is 0 Å². The topological polar surface area (TPSA) is 249 Å². The van der Waals surface area contributed by atoms with Crippen molar-refractivity contribution >= 4 is 46.0 Å². The number of urea groups is 1. The van der Waals surface area contributed by atoms with Gasteiger partial charge < -0.3 is 43.4 Å². The number of amides is 2. The molecule has 3 heterocycles. The molecule has 2 aromatic rings. The summed E-state index contributed by atoms with van der Waals surface area (Å²) < 4.78 is 64.6. The van der Waals surface area contributed by atoms with Gasteiger partial charge in [0.15, 0.2) is 6.23 Å². The summed E-state index contributed by atoms with van der Waals surface area (Å²) in [6, 6.07) is 12.7. The van der Waals surface area contributed by atoms with Crippen LogP contribution in [-0.4, -0.2) is 65.1 Å². The largest absolute Gasteiger partial charge is 0.756 e. The molecule has 1 saturated carbocycles. The van der Waals surface area contributed by atoms with E-state index in [-0.39, 0.29) is 12.5 Å². The summed E-state index contributed by atoms with van der Waals surface area (Å²) in [5.74, 6) is 0.334. The smallest absolute Gasteiger partial charge is 0.326 e. The quantitative estimate of drug-likeness (QED) is 0.264. The second-order valence-electron chi connectivity index (χ2n) is 11.7. The lowest BCUT2D eigenvalue weighted by atomic mass is 9.90. The lowest BCUT2D eigenvalue weighted by Crippen LogP contribution is -2.54. The number of phosphoric acid groups is 3. The second kappa shape index (κ2) is 14.0. The van der Waals surface area contributed by atoms with Crippen molar-refractivity contribution in [2.75, 3.05) is 13.2 Å². The molecule has 2 amide bonds. The van der Waals surface area contributed by atoms with Gasteiger partial charge in [0, 0.05) is 17.3 Å². The van der Waals surface area contributed by atoms with Crippen molar-refractivity contribution in [3.05, 3.63) is 65.9 Å². The number of carbonyl (C=O) groups excluding carboxylic acids is 1. The van der Waals surface area contributed by atoms with E-state index in [1.807, 2.05) is 42.5 Å². The third-order valence-electron chi connectivity index (χ3n) is 8.26. The van der Waals surface area contributed by atoms with Gasteiger partial charge in [0.05, 0.1) is 13.2 Å². The van der Waals surface area contributed by atoms with Crippen LogP contribution >= 0.6 is 23.5 Å². The second-order valence-corrected chi connectivity index (χ2v) is 16.2. The molecule has 3 aliphatic heterocycles. The summed E-state index contributed by atoms with van der Waals surface area (Å²) in [5.41, 5.74) is 1.22. The minimum absolute atomic E-state index is 0.132. The Morgan fingerprint density at radius 3 is 2.25 bits per heavy atom. The average Bonchev–Trinajstić information content (AvgIpc) is 3.57. The first-order valence-electron chi connectivity index (χ1n) is 15.0. The molecule has 0 bridgehead atoms. The Balaban J connectivity index is 1.06. The molecule has 2 fully saturated rings. The molecule has 0 spiro atoms. The fraction of sp³-hybridized carbons (Fsp3) is 0.464. The molecule has 48 heavy (non-hydrogen) atoms. The van der Waals surface area contributed by atoms with Crippen molar-refractivity contribution in [2.45, 2.75) is 62.9 Å². The van der Waals surface area contributed by atoms with E-state index in [0.29, 0.717) is 24.2 Å². The molecule has 8 atom stereocenters. The van der Waals surface area contributed by atoms with Gasteiger partial charge in [0.25, 0.3) is 23.5 Å². The summed E-state index contributed by atoms with van der Waals surface area (Å²) in [6.07, 6.45) is -0.498. The zero-order chi connectivity index (χ0) is 34.3. The van der Waals surface area contributed by atoms with Crippen molar-refractivity contribution in [3.63, 3.8) is 0 Å². The highest BCUT2D eigenvalue weighted by atomic mass is 31.3. The number of aliphatic hydroxyl groups is 2. The maximum Gasteiger partial charge on any atom is 0.326 e. The molecule has 20 heteroatoms. The van der Waals surface area contributed by atoms with Crippen LogP contribution in [0.1, 0.15) is 37.7 Å². The number of aliphatic hydroxyl groups excluding tert-OH is 2. The number of phosphoric ester groups is 2. The molecule has 1 saturated heterocycles. The van der Waals surface area contributed by atoms with E-state index >= 15 is 0 Å². The Morgan fingerprint density at radius 1 is 0.875 bits per heavy atom. The van der Waals surface area contributed by atoms with Gasteiger partial charge in [-0.3, -0.25) is 23.9 Å². The first kappa shape index (κ1) is 35.4. The van der Waals surface area contributed by atoms with Crippen LogP contribution in [0.4, 0.5) is 4.79 Å². The Kier molecular flexibility index (Phi) is 10.3. The van der Waals surface area contributed by atoms with Crippen molar-refractivity contribution in [1.29, 1.82) is 0 Å². The Morgan fingerprint density at radius 2 is 1.54 bits per heavy atom. The van der Waals surface area contributed by atoms with Crippen LogP contribution in [0.15, 0.2) is 60.3 Å². The standard InChI is InChI=1S/C28H35N2O15P3/c31-24-23(16-41-47(36,37)45-48(38,39)44-46(34,35)40-15-17-6-2-1-3-7-17)43-27(25(24)32)30-14-21-13-22(42-26(21)29-28(30)33)20-11-10-18-8-4-5-9-19(18)12-20/h4-5,8-14,17,23-27,31-32H,1-3,6-7,15-16H2,(H,29,33)(H,34,35)(H,36,37)(H,38,39)/p-3/t23-,24?,25+,26?,27-/m1/s1. The number of fused-ring (bicyclic) bond motifs is 2. The van der Waals surface area contributed by atoms with Crippen LogP contribution in [-0.2, 0) is 40.8 Å². The van der Waals surface area contributed by atoms with Crippen LogP contribution in [0, 0.1) is 5.92 Å². The third kappa shape index (κ3) is 8.28. The van der Waals surface area contributed by atoms with Crippen molar-refractivity contribution < 1.29 is 70.5 Å². The molecule has 3 N–H and O–H groups in total. The van der Waals surface area contributed by atoms with Gasteiger partial charge in [-0.2, -0.15) is 0 Å². The molecule has 5 unspecified atom stereocenters. The van der Waals surface area contributed by atoms with Gasteiger partial charge in [-0.25, -0.2) is 13.4 Å². The number of ether oxygens (including phenoxy) is 2. The third-order valence-corrected chi connectivity index (χ3v) is 12.4. The molecular weight excluding hydrogens is 697 g/mol. The molecule has 0 radical (unpaired) electrons. The van der Waals surface area contributed by atoms with Crippen molar-refractivity contribution in [3.8, 4) is 0 Å². The molecule has 4 aliphatic rings. The van der Waals surface area contributed by atoms with Crippen LogP contribution in [0.3, 0.4) is 0 Å². The van der Waals surface area contributed by atoms with Gasteiger partial charge in [0.2, 0.25) is 6.23 Å². The van der Waals surface area contributed by atoms with Crippen LogP contribution < -0.4 is 20.0 Å². The summed E-state index contributed by atoms with van der Waals surface area (Å²) in [5, 5.41) is 25.8. The van der Waals surface area contributed by atoms with E-state index < -0.39 is 66.9 Å². The Bertz CT molecular complexity index is 1750. The maximum atomic E-state index is 12.9. The molecule has 0 aromatic heterocycles. The number of carbonyl (C=O) groups is 1. The van der Waals surface area contributed by atoms with E-state index in [1.54, 1.807) is 6.08 Å². The Labute approximate surface area is 274 Å². The molecule has 2 aromatic carbocycles. The summed E-state index contributed by atoms with van der Waals surface area (Å²) in [6.45, 7) is -1.43. The summed E-state index contributed by atoms with van der Waals surface area (Å²) in [7, 11) is -17.4. The minimum Gasteiger partial charge on any atom is -0.756 e. The number of benzene rings is 2. The van der Waals surface area contributed by atoms with Crippen molar-refractivity contribution in [2.24, 2.45) is 5.92 Å². The lowest BCUT2D eigenvalue weighted by molar-refractivity contribution is -0.252. The summed E-state index contributed by atoms with van der Waals surface area (Å²) >= 11 is 0. The van der Waals surface area contributed by atoms with E-state index in [0.717, 1.165) is 40.5 Å². The number of nitrogens with zero attached hydrogens (tertiary/aromatic N) is 1. The molecule has 262 valence electrons. The Hall–Kier alpha value is -2.46. The highest BCUT2D eigenvalue weighted by Crippen LogP contribution is 2.63. The van der Waals surface area contributed by atoms with Crippen molar-refractivity contribution in [1.82, 2.24) is 10.2 Å². The van der Waals surface area contributed by atoms with Gasteiger partial charge in [-0.05, 0) is 41.7 Å². The van der Waals surface area contributed by atoms with Gasteiger partial charge >= 0.3 is 6.03 Å². The average molecular weight is 729 g/mol. The lowest BCUT2D eigenvalue weighted by Gasteiger charge is -2.35. The van der Waals surface area contributed by atoms with E-state index in [1.165, 1.54) is 6.20 Å². The highest BCUT2D eigenvalue weighted by Gasteiger charge is 2.49. The first-order chi connectivity index (χ1) is 22.7.